The number of hydrogen-bond acceptors (Lipinski definition) is 6. The summed E-state index contributed by atoms with van der Waals surface area (Å²) in [6.07, 6.45) is 3.81. The van der Waals surface area contributed by atoms with E-state index in [-0.39, 0.29) is 23.8 Å². The van der Waals surface area contributed by atoms with E-state index in [1.807, 2.05) is 25.1 Å². The van der Waals surface area contributed by atoms with Gasteiger partial charge in [-0.1, -0.05) is 0 Å². The highest BCUT2D eigenvalue weighted by Crippen LogP contribution is 2.38. The highest BCUT2D eigenvalue weighted by molar-refractivity contribution is 7.08. The topological polar surface area (TPSA) is 89.3 Å². The predicted molar refractivity (Wildman–Crippen MR) is 96.8 cm³/mol. The van der Waals surface area contributed by atoms with Gasteiger partial charge in [-0.15, -0.1) is 0 Å². The lowest BCUT2D eigenvalue weighted by molar-refractivity contribution is -0.129. The SMILES string of the molecule is COCCN1C(=O)C[C@H](CNC(=O)c2ccns2)[C@H]1c1cnn(C)c1C. The average Bonchev–Trinajstić information content (AvgIpc) is 3.33. The second-order valence-corrected chi connectivity index (χ2v) is 7.22. The summed E-state index contributed by atoms with van der Waals surface area (Å²) >= 11 is 1.16. The summed E-state index contributed by atoms with van der Waals surface area (Å²) in [4.78, 5) is 27.2. The summed E-state index contributed by atoms with van der Waals surface area (Å²) in [6, 6.07) is 1.57. The molecule has 2 amide bonds. The van der Waals surface area contributed by atoms with Gasteiger partial charge in [-0.05, 0) is 24.5 Å². The first-order valence-corrected chi connectivity index (χ1v) is 9.26. The number of aromatic nitrogens is 3. The summed E-state index contributed by atoms with van der Waals surface area (Å²) in [5.74, 6) is -0.0941. The summed E-state index contributed by atoms with van der Waals surface area (Å²) in [7, 11) is 3.51. The van der Waals surface area contributed by atoms with E-state index in [1.165, 1.54) is 0 Å². The number of nitrogens with zero attached hydrogens (tertiary/aromatic N) is 4. The Bertz CT molecular complexity index is 773. The third-order valence-corrected chi connectivity index (χ3v) is 5.60. The molecule has 0 aromatic carbocycles. The Labute approximate surface area is 156 Å². The fraction of sp³-hybridized carbons (Fsp3) is 0.529. The molecule has 0 unspecified atom stereocenters. The van der Waals surface area contributed by atoms with Gasteiger partial charge < -0.3 is 15.0 Å². The normalized spacial score (nSPS) is 20.0. The molecule has 1 aliphatic heterocycles. The van der Waals surface area contributed by atoms with Crippen molar-refractivity contribution < 1.29 is 14.3 Å². The predicted octanol–water partition coefficient (Wildman–Crippen LogP) is 1.15. The number of hydrogen-bond donors (Lipinski definition) is 1. The highest BCUT2D eigenvalue weighted by Gasteiger charge is 2.41. The standard InChI is InChI=1S/C17H23N5O3S/c1-11-13(10-19-21(11)2)16-12(8-15(23)22(16)6-7-25-3)9-18-17(24)14-4-5-20-26-14/h4-5,10,12,16H,6-9H2,1-3H3,(H,18,24)/t12-,16+/m1/s1. The molecule has 1 N–H and O–H groups in total. The molecule has 1 aliphatic rings. The molecule has 8 nitrogen and oxygen atoms in total. The monoisotopic (exact) mass is 377 g/mol. The number of nitrogens with one attached hydrogen (secondary N) is 1. The molecule has 2 atom stereocenters. The Morgan fingerprint density at radius 2 is 2.31 bits per heavy atom. The first kappa shape index (κ1) is 18.5. The van der Waals surface area contributed by atoms with Gasteiger partial charge in [-0.2, -0.15) is 5.10 Å². The van der Waals surface area contributed by atoms with Crippen molar-refractivity contribution in [2.45, 2.75) is 19.4 Å². The van der Waals surface area contributed by atoms with Gasteiger partial charge in [0.2, 0.25) is 5.91 Å². The van der Waals surface area contributed by atoms with Crippen molar-refractivity contribution in [2.24, 2.45) is 13.0 Å². The van der Waals surface area contributed by atoms with E-state index in [1.54, 1.807) is 24.1 Å². The summed E-state index contributed by atoms with van der Waals surface area (Å²) < 4.78 is 10.9. The number of rotatable bonds is 7. The summed E-state index contributed by atoms with van der Waals surface area (Å²) in [6.45, 7) is 3.41. The minimum absolute atomic E-state index is 0.0147. The average molecular weight is 377 g/mol. The van der Waals surface area contributed by atoms with Crippen molar-refractivity contribution in [3.05, 3.63) is 34.6 Å². The molecule has 9 heteroatoms. The minimum atomic E-state index is -0.156. The fourth-order valence-electron chi connectivity index (χ4n) is 3.37. The minimum Gasteiger partial charge on any atom is -0.383 e. The van der Waals surface area contributed by atoms with Crippen LogP contribution in [0.15, 0.2) is 18.5 Å². The van der Waals surface area contributed by atoms with E-state index in [0.29, 0.717) is 31.0 Å². The van der Waals surface area contributed by atoms with Crippen molar-refractivity contribution in [3.8, 4) is 0 Å². The molecule has 0 aliphatic carbocycles. The quantitative estimate of drug-likeness (QED) is 0.782. The van der Waals surface area contributed by atoms with Gasteiger partial charge in [0.05, 0.1) is 18.8 Å². The number of ether oxygens (including phenoxy) is 1. The maximum atomic E-state index is 12.6. The lowest BCUT2D eigenvalue weighted by atomic mass is 9.94. The van der Waals surface area contributed by atoms with Crippen molar-refractivity contribution >= 4 is 23.3 Å². The van der Waals surface area contributed by atoms with Crippen LogP contribution in [0.4, 0.5) is 0 Å². The fourth-order valence-corrected chi connectivity index (χ4v) is 3.88. The van der Waals surface area contributed by atoms with Gasteiger partial charge in [0.15, 0.2) is 0 Å². The third-order valence-electron chi connectivity index (χ3n) is 4.85. The number of carbonyl (C=O) groups is 2. The van der Waals surface area contributed by atoms with Crippen LogP contribution in [0.3, 0.4) is 0 Å². The second-order valence-electron chi connectivity index (χ2n) is 6.38. The van der Waals surface area contributed by atoms with Gasteiger partial charge in [0.25, 0.3) is 5.91 Å². The molecule has 0 bridgehead atoms. The van der Waals surface area contributed by atoms with Gasteiger partial charge in [-0.3, -0.25) is 14.3 Å². The summed E-state index contributed by atoms with van der Waals surface area (Å²) in [5.41, 5.74) is 2.04. The highest BCUT2D eigenvalue weighted by atomic mass is 32.1. The third kappa shape index (κ3) is 3.63. The molecule has 26 heavy (non-hydrogen) atoms. The maximum absolute atomic E-state index is 12.6. The Kier molecular flexibility index (Phi) is 5.67. The van der Waals surface area contributed by atoms with Crippen LogP contribution in [0.2, 0.25) is 0 Å². The van der Waals surface area contributed by atoms with Crippen molar-refractivity contribution in [1.82, 2.24) is 24.4 Å². The molecule has 3 rings (SSSR count). The Morgan fingerprint density at radius 3 is 2.92 bits per heavy atom. The van der Waals surface area contributed by atoms with Crippen LogP contribution in [0.25, 0.3) is 0 Å². The van der Waals surface area contributed by atoms with E-state index in [9.17, 15) is 9.59 Å². The van der Waals surface area contributed by atoms with Crippen molar-refractivity contribution in [1.29, 1.82) is 0 Å². The Hall–Kier alpha value is -2.26. The van der Waals surface area contributed by atoms with Crippen LogP contribution in [-0.4, -0.2) is 57.7 Å². The smallest absolute Gasteiger partial charge is 0.262 e. The molecule has 0 saturated carbocycles. The van der Waals surface area contributed by atoms with Gasteiger partial charge in [0, 0.05) is 57.0 Å². The van der Waals surface area contributed by atoms with E-state index in [2.05, 4.69) is 14.8 Å². The zero-order chi connectivity index (χ0) is 18.7. The van der Waals surface area contributed by atoms with Crippen molar-refractivity contribution in [2.75, 3.05) is 26.8 Å². The van der Waals surface area contributed by atoms with Crippen LogP contribution in [0, 0.1) is 12.8 Å². The van der Waals surface area contributed by atoms with Gasteiger partial charge >= 0.3 is 0 Å². The molecular weight excluding hydrogens is 354 g/mol. The van der Waals surface area contributed by atoms with E-state index < -0.39 is 0 Å². The number of carbonyl (C=O) groups excluding carboxylic acids is 2. The van der Waals surface area contributed by atoms with Crippen LogP contribution in [0.5, 0.6) is 0 Å². The Morgan fingerprint density at radius 1 is 1.50 bits per heavy atom. The molecule has 2 aromatic heterocycles. The maximum Gasteiger partial charge on any atom is 0.262 e. The molecule has 140 valence electrons. The van der Waals surface area contributed by atoms with E-state index in [4.69, 9.17) is 4.74 Å². The molecule has 1 fully saturated rings. The first-order chi connectivity index (χ1) is 12.5. The van der Waals surface area contributed by atoms with E-state index >= 15 is 0 Å². The van der Waals surface area contributed by atoms with Crippen LogP contribution in [-0.2, 0) is 16.6 Å². The molecule has 0 radical (unpaired) electrons. The molecule has 2 aromatic rings. The number of amides is 2. The van der Waals surface area contributed by atoms with Gasteiger partial charge in [-0.25, -0.2) is 4.37 Å². The lowest BCUT2D eigenvalue weighted by Crippen LogP contribution is -2.35. The second kappa shape index (κ2) is 7.96. The zero-order valence-electron chi connectivity index (χ0n) is 15.1. The molecule has 0 spiro atoms. The lowest BCUT2D eigenvalue weighted by Gasteiger charge is -2.28. The molecular formula is C17H23N5O3S. The molecule has 1 saturated heterocycles. The van der Waals surface area contributed by atoms with Crippen LogP contribution < -0.4 is 5.32 Å². The van der Waals surface area contributed by atoms with Crippen LogP contribution in [0.1, 0.15) is 33.4 Å². The van der Waals surface area contributed by atoms with Crippen LogP contribution >= 0.6 is 11.5 Å². The number of aryl methyl sites for hydroxylation is 1. The number of methoxy groups -OCH3 is 1. The summed E-state index contributed by atoms with van der Waals surface area (Å²) in [5, 5.41) is 7.27. The largest absolute Gasteiger partial charge is 0.383 e. The number of likely N-dealkylation sites (tertiary alicyclic amines) is 1. The van der Waals surface area contributed by atoms with Gasteiger partial charge in [0.1, 0.15) is 4.88 Å². The Balaban J connectivity index is 1.79. The first-order valence-electron chi connectivity index (χ1n) is 8.48. The van der Waals surface area contributed by atoms with E-state index in [0.717, 1.165) is 22.8 Å². The van der Waals surface area contributed by atoms with Crippen molar-refractivity contribution in [3.63, 3.8) is 0 Å². The molecule has 3 heterocycles. The zero-order valence-corrected chi connectivity index (χ0v) is 16.0.